The van der Waals surface area contributed by atoms with E-state index < -0.39 is 18.2 Å². The van der Waals surface area contributed by atoms with E-state index in [-0.39, 0.29) is 11.1 Å². The average molecular weight is 279 g/mol. The maximum atomic E-state index is 11.9. The van der Waals surface area contributed by atoms with Crippen molar-refractivity contribution in [3.05, 3.63) is 41.8 Å². The summed E-state index contributed by atoms with van der Waals surface area (Å²) < 4.78 is 10.6. The zero-order chi connectivity index (χ0) is 15.1. The number of carboxylic acids is 1. The Balaban J connectivity index is 2.69. The first-order valence-electron chi connectivity index (χ1n) is 6.39. The molecule has 1 radical (unpaired) electrons. The number of benzene rings is 1. The molecule has 0 saturated carbocycles. The molecule has 1 aromatic carbocycles. The first kappa shape index (κ1) is 16.2. The normalized spacial score (nSPS) is 12.2. The Morgan fingerprint density at radius 1 is 1.30 bits per heavy atom. The van der Waals surface area contributed by atoms with Crippen molar-refractivity contribution in [1.82, 2.24) is 0 Å². The number of aromatic carboxylic acids is 1. The minimum Gasteiger partial charge on any atom is -0.478 e. The second kappa shape index (κ2) is 7.65. The van der Waals surface area contributed by atoms with Crippen LogP contribution in [0.4, 0.5) is 0 Å². The quantitative estimate of drug-likeness (QED) is 0.613. The third-order valence-corrected chi connectivity index (χ3v) is 2.43. The molecule has 1 aromatic rings. The molecule has 20 heavy (non-hydrogen) atoms. The van der Waals surface area contributed by atoms with Crippen LogP contribution in [0, 0.1) is 12.3 Å². The predicted molar refractivity (Wildman–Crippen MR) is 73.4 cm³/mol. The van der Waals surface area contributed by atoms with Crippen molar-refractivity contribution in [3.8, 4) is 0 Å². The molecular formula is C15H19O5. The van der Waals surface area contributed by atoms with Gasteiger partial charge in [-0.1, -0.05) is 26.8 Å². The summed E-state index contributed by atoms with van der Waals surface area (Å²) in [6, 6.07) is 5.70. The van der Waals surface area contributed by atoms with Gasteiger partial charge < -0.3 is 14.6 Å². The van der Waals surface area contributed by atoms with E-state index >= 15 is 0 Å². The molecule has 0 heterocycles. The van der Waals surface area contributed by atoms with E-state index in [0.717, 1.165) is 0 Å². The van der Waals surface area contributed by atoms with Crippen LogP contribution in [0.5, 0.6) is 0 Å². The monoisotopic (exact) mass is 279 g/mol. The third-order valence-electron chi connectivity index (χ3n) is 2.43. The summed E-state index contributed by atoms with van der Waals surface area (Å²) in [4.78, 5) is 22.8. The molecule has 0 aliphatic heterocycles. The van der Waals surface area contributed by atoms with Crippen LogP contribution in [0.3, 0.4) is 0 Å². The Bertz CT molecular complexity index is 467. The van der Waals surface area contributed by atoms with Gasteiger partial charge in [0.2, 0.25) is 6.29 Å². The zero-order valence-electron chi connectivity index (χ0n) is 11.8. The molecule has 5 nitrogen and oxygen atoms in total. The van der Waals surface area contributed by atoms with Crippen molar-refractivity contribution >= 4 is 11.9 Å². The highest BCUT2D eigenvalue weighted by Gasteiger charge is 2.16. The number of carbonyl (C=O) groups is 2. The van der Waals surface area contributed by atoms with Gasteiger partial charge in [-0.05, 0) is 24.1 Å². The molecule has 0 amide bonds. The molecule has 0 bridgehead atoms. The number of rotatable bonds is 7. The molecule has 1 N–H and O–H groups in total. The molecule has 0 fully saturated rings. The molecule has 109 valence electrons. The lowest BCUT2D eigenvalue weighted by Crippen LogP contribution is -2.23. The predicted octanol–water partition coefficient (Wildman–Crippen LogP) is 2.76. The van der Waals surface area contributed by atoms with E-state index in [1.165, 1.54) is 24.3 Å². The van der Waals surface area contributed by atoms with E-state index in [9.17, 15) is 9.59 Å². The second-order valence-corrected chi connectivity index (χ2v) is 4.72. The standard InChI is InChI=1S/C15H19O5/c1-4-13(19-9-10(2)3)20-15(18)12-7-5-6-11(8-12)14(16)17/h4-8,10,13H,9H2,1-3H3,(H,16,17). The average Bonchev–Trinajstić information content (AvgIpc) is 2.43. The molecule has 0 aliphatic carbocycles. The summed E-state index contributed by atoms with van der Waals surface area (Å²) in [5.74, 6) is -1.37. The molecular weight excluding hydrogens is 260 g/mol. The van der Waals surface area contributed by atoms with E-state index in [2.05, 4.69) is 0 Å². The van der Waals surface area contributed by atoms with Gasteiger partial charge in [-0.2, -0.15) is 0 Å². The van der Waals surface area contributed by atoms with Crippen molar-refractivity contribution in [2.24, 2.45) is 5.92 Å². The lowest BCUT2D eigenvalue weighted by molar-refractivity contribution is -0.0962. The van der Waals surface area contributed by atoms with Gasteiger partial charge in [0.1, 0.15) is 0 Å². The largest absolute Gasteiger partial charge is 0.478 e. The highest BCUT2D eigenvalue weighted by molar-refractivity contribution is 5.94. The van der Waals surface area contributed by atoms with Crippen LogP contribution in [-0.4, -0.2) is 29.9 Å². The van der Waals surface area contributed by atoms with Crippen molar-refractivity contribution < 1.29 is 24.2 Å². The van der Waals surface area contributed by atoms with Crippen LogP contribution in [0.1, 0.15) is 41.5 Å². The molecule has 0 saturated heterocycles. The Kier molecular flexibility index (Phi) is 6.18. The Hall–Kier alpha value is -1.88. The van der Waals surface area contributed by atoms with Gasteiger partial charge in [0.05, 0.1) is 17.7 Å². The van der Waals surface area contributed by atoms with E-state index in [0.29, 0.717) is 12.5 Å². The lowest BCUT2D eigenvalue weighted by Gasteiger charge is -2.18. The minimum atomic E-state index is -1.09. The van der Waals surface area contributed by atoms with Crippen molar-refractivity contribution in [2.75, 3.05) is 6.61 Å². The van der Waals surface area contributed by atoms with Crippen molar-refractivity contribution in [1.29, 1.82) is 0 Å². The summed E-state index contributed by atoms with van der Waals surface area (Å²) in [6.07, 6.45) is 0.889. The highest BCUT2D eigenvalue weighted by Crippen LogP contribution is 2.11. The number of hydrogen-bond donors (Lipinski definition) is 1. The van der Waals surface area contributed by atoms with Gasteiger partial charge in [0.15, 0.2) is 0 Å². The van der Waals surface area contributed by atoms with E-state index in [4.69, 9.17) is 14.6 Å². The fourth-order valence-electron chi connectivity index (χ4n) is 1.44. The van der Waals surface area contributed by atoms with Gasteiger partial charge in [-0.15, -0.1) is 0 Å². The van der Waals surface area contributed by atoms with Crippen LogP contribution < -0.4 is 0 Å². The number of carboxylic acid groups (broad SMARTS) is 1. The fourth-order valence-corrected chi connectivity index (χ4v) is 1.44. The number of carbonyl (C=O) groups excluding carboxylic acids is 1. The van der Waals surface area contributed by atoms with Gasteiger partial charge in [0, 0.05) is 6.42 Å². The number of hydrogen-bond acceptors (Lipinski definition) is 4. The zero-order valence-corrected chi connectivity index (χ0v) is 11.8. The van der Waals surface area contributed by atoms with Gasteiger partial charge in [0.25, 0.3) is 0 Å². The molecule has 1 unspecified atom stereocenters. The summed E-state index contributed by atoms with van der Waals surface area (Å²) in [5.41, 5.74) is 0.226. The molecule has 1 atom stereocenters. The Morgan fingerprint density at radius 2 is 1.95 bits per heavy atom. The lowest BCUT2D eigenvalue weighted by atomic mass is 10.1. The Labute approximate surface area is 118 Å². The topological polar surface area (TPSA) is 72.8 Å². The summed E-state index contributed by atoms with van der Waals surface area (Å²) in [5, 5.41) is 8.88. The number of ether oxygens (including phenoxy) is 2. The van der Waals surface area contributed by atoms with Crippen LogP contribution in [-0.2, 0) is 9.47 Å². The summed E-state index contributed by atoms with van der Waals surface area (Å²) in [6.45, 7) is 6.18. The van der Waals surface area contributed by atoms with E-state index in [1.807, 2.05) is 13.8 Å². The summed E-state index contributed by atoms with van der Waals surface area (Å²) >= 11 is 0. The van der Waals surface area contributed by atoms with Gasteiger partial charge >= 0.3 is 11.9 Å². The van der Waals surface area contributed by atoms with Gasteiger partial charge in [-0.3, -0.25) is 0 Å². The smallest absolute Gasteiger partial charge is 0.340 e. The second-order valence-electron chi connectivity index (χ2n) is 4.72. The maximum absolute atomic E-state index is 11.9. The maximum Gasteiger partial charge on any atom is 0.340 e. The first-order valence-corrected chi connectivity index (χ1v) is 6.39. The van der Waals surface area contributed by atoms with E-state index in [1.54, 1.807) is 13.3 Å². The third kappa shape index (κ3) is 5.01. The number of esters is 1. The SMILES string of the molecule is C[CH]C(OCC(C)C)OC(=O)c1cccc(C(=O)O)c1. The van der Waals surface area contributed by atoms with Crippen LogP contribution in [0.2, 0.25) is 0 Å². The molecule has 0 aliphatic rings. The van der Waals surface area contributed by atoms with Crippen LogP contribution >= 0.6 is 0 Å². The van der Waals surface area contributed by atoms with Gasteiger partial charge in [-0.25, -0.2) is 9.59 Å². The Morgan fingerprint density at radius 3 is 2.50 bits per heavy atom. The molecule has 1 rings (SSSR count). The van der Waals surface area contributed by atoms with Crippen LogP contribution in [0.25, 0.3) is 0 Å². The molecule has 0 aromatic heterocycles. The highest BCUT2D eigenvalue weighted by atomic mass is 16.7. The molecule has 0 spiro atoms. The fraction of sp³-hybridized carbons (Fsp3) is 0.400. The molecule has 5 heteroatoms. The van der Waals surface area contributed by atoms with Crippen molar-refractivity contribution in [3.63, 3.8) is 0 Å². The minimum absolute atomic E-state index is 0.0413. The van der Waals surface area contributed by atoms with Crippen LogP contribution in [0.15, 0.2) is 24.3 Å². The van der Waals surface area contributed by atoms with Crippen molar-refractivity contribution in [2.45, 2.75) is 27.1 Å². The summed E-state index contributed by atoms with van der Waals surface area (Å²) in [7, 11) is 0. The first-order chi connectivity index (χ1) is 9.43.